The van der Waals surface area contributed by atoms with Crippen molar-refractivity contribution in [1.82, 2.24) is 0 Å². The number of aliphatic hydroxyl groups is 2. The van der Waals surface area contributed by atoms with Crippen LogP contribution in [0.25, 0.3) is 0 Å². The van der Waals surface area contributed by atoms with E-state index in [2.05, 4.69) is 27.8 Å². The molecular weight excluding hydrogens is 310 g/mol. The highest BCUT2D eigenvalue weighted by molar-refractivity contribution is 9.10. The van der Waals surface area contributed by atoms with Gasteiger partial charge in [-0.3, -0.25) is 0 Å². The maximum absolute atomic E-state index is 9.64. The zero-order valence-electron chi connectivity index (χ0n) is 11.2. The van der Waals surface area contributed by atoms with Crippen LogP contribution < -0.4 is 4.90 Å². The van der Waals surface area contributed by atoms with Crippen molar-refractivity contribution in [3.63, 3.8) is 0 Å². The van der Waals surface area contributed by atoms with E-state index < -0.39 is 6.10 Å². The Bertz CT molecular complexity index is 439. The number of halogens is 1. The molecule has 0 spiro atoms. The lowest BCUT2D eigenvalue weighted by molar-refractivity contribution is -0.0103. The molecule has 1 saturated heterocycles. The summed E-state index contributed by atoms with van der Waals surface area (Å²) in [7, 11) is 0. The third kappa shape index (κ3) is 3.28. The molecule has 1 aliphatic heterocycles. The van der Waals surface area contributed by atoms with Gasteiger partial charge in [-0.25, -0.2) is 0 Å². The van der Waals surface area contributed by atoms with Crippen molar-refractivity contribution in [2.24, 2.45) is 0 Å². The van der Waals surface area contributed by atoms with Crippen LogP contribution in [0.4, 0.5) is 5.69 Å². The Morgan fingerprint density at radius 2 is 2.26 bits per heavy atom. The Balaban J connectivity index is 2.23. The fourth-order valence-corrected chi connectivity index (χ4v) is 3.02. The first-order chi connectivity index (χ1) is 9.02. The molecule has 0 saturated carbocycles. The monoisotopic (exact) mass is 329 g/mol. The van der Waals surface area contributed by atoms with Gasteiger partial charge in [0.05, 0.1) is 25.4 Å². The van der Waals surface area contributed by atoms with E-state index in [4.69, 9.17) is 4.74 Å². The molecule has 0 bridgehead atoms. The third-order valence-electron chi connectivity index (χ3n) is 3.47. The lowest BCUT2D eigenvalue weighted by atomic mass is 10.1. The molecule has 4 nitrogen and oxygen atoms in total. The minimum Gasteiger partial charge on any atom is -0.394 e. The molecule has 5 heteroatoms. The number of ether oxygens (including phenoxy) is 1. The van der Waals surface area contributed by atoms with Crippen molar-refractivity contribution >= 4 is 21.6 Å². The highest BCUT2D eigenvalue weighted by Crippen LogP contribution is 2.30. The molecule has 1 aromatic rings. The number of hydrogen-bond donors (Lipinski definition) is 2. The molecule has 2 N–H and O–H groups in total. The summed E-state index contributed by atoms with van der Waals surface area (Å²) in [6, 6.07) is 6.22. The van der Waals surface area contributed by atoms with E-state index in [0.29, 0.717) is 13.2 Å². The third-order valence-corrected chi connectivity index (χ3v) is 4.16. The van der Waals surface area contributed by atoms with Gasteiger partial charge in [0.25, 0.3) is 0 Å². The van der Waals surface area contributed by atoms with Gasteiger partial charge in [0.2, 0.25) is 0 Å². The van der Waals surface area contributed by atoms with Crippen molar-refractivity contribution in [1.29, 1.82) is 0 Å². The quantitative estimate of drug-likeness (QED) is 0.891. The second-order valence-corrected chi connectivity index (χ2v) is 5.88. The van der Waals surface area contributed by atoms with Gasteiger partial charge in [-0.1, -0.05) is 22.0 Å². The molecule has 2 unspecified atom stereocenters. The summed E-state index contributed by atoms with van der Waals surface area (Å²) in [5.41, 5.74) is 1.95. The fourth-order valence-electron chi connectivity index (χ4n) is 2.32. The van der Waals surface area contributed by atoms with E-state index in [1.165, 1.54) is 0 Å². The SMILES string of the molecule is CC1COC(CO)CN1c1ccc([C@@H](C)O)c(Br)c1. The number of hydrogen-bond acceptors (Lipinski definition) is 4. The average molecular weight is 330 g/mol. The minimum atomic E-state index is -0.490. The van der Waals surface area contributed by atoms with Crippen molar-refractivity contribution in [2.75, 3.05) is 24.7 Å². The van der Waals surface area contributed by atoms with Gasteiger partial charge in [0, 0.05) is 22.7 Å². The first-order valence-corrected chi connectivity index (χ1v) is 7.28. The van der Waals surface area contributed by atoms with Crippen LogP contribution >= 0.6 is 15.9 Å². The molecule has 1 fully saturated rings. The van der Waals surface area contributed by atoms with Crippen LogP contribution in [-0.2, 0) is 4.74 Å². The predicted octanol–water partition coefficient (Wildman–Crippen LogP) is 2.09. The summed E-state index contributed by atoms with van der Waals surface area (Å²) < 4.78 is 6.44. The molecule has 0 aliphatic carbocycles. The molecule has 1 aromatic carbocycles. The lowest BCUT2D eigenvalue weighted by Crippen LogP contribution is -2.49. The second-order valence-electron chi connectivity index (χ2n) is 5.02. The molecule has 0 amide bonds. The number of nitrogens with zero attached hydrogens (tertiary/aromatic N) is 1. The standard InChI is InChI=1S/C14H20BrNO3/c1-9-8-19-12(7-17)6-16(9)11-3-4-13(10(2)18)14(15)5-11/h3-5,9-10,12,17-18H,6-8H2,1-2H3/t9?,10-,12?/m1/s1. The Morgan fingerprint density at radius 3 is 2.84 bits per heavy atom. The van der Waals surface area contributed by atoms with Crippen molar-refractivity contribution in [2.45, 2.75) is 32.1 Å². The summed E-state index contributed by atoms with van der Waals surface area (Å²) in [5.74, 6) is 0. The van der Waals surface area contributed by atoms with Crippen LogP contribution in [0.1, 0.15) is 25.5 Å². The fraction of sp³-hybridized carbons (Fsp3) is 0.571. The van der Waals surface area contributed by atoms with Gasteiger partial charge in [0.1, 0.15) is 0 Å². The van der Waals surface area contributed by atoms with E-state index >= 15 is 0 Å². The van der Waals surface area contributed by atoms with Crippen molar-refractivity contribution in [3.8, 4) is 0 Å². The molecule has 1 heterocycles. The maximum atomic E-state index is 9.64. The Morgan fingerprint density at radius 1 is 1.53 bits per heavy atom. The first-order valence-electron chi connectivity index (χ1n) is 6.49. The van der Waals surface area contributed by atoms with Gasteiger partial charge >= 0.3 is 0 Å². The van der Waals surface area contributed by atoms with Gasteiger partial charge in [0.15, 0.2) is 0 Å². The zero-order chi connectivity index (χ0) is 14.0. The molecule has 3 atom stereocenters. The van der Waals surface area contributed by atoms with Gasteiger partial charge in [-0.05, 0) is 31.5 Å². The van der Waals surface area contributed by atoms with Crippen LogP contribution in [0.5, 0.6) is 0 Å². The smallest absolute Gasteiger partial charge is 0.0981 e. The number of benzene rings is 1. The van der Waals surface area contributed by atoms with Crippen LogP contribution in [0, 0.1) is 0 Å². The van der Waals surface area contributed by atoms with E-state index in [9.17, 15) is 10.2 Å². The molecule has 0 aromatic heterocycles. The second kappa shape index (κ2) is 6.22. The highest BCUT2D eigenvalue weighted by Gasteiger charge is 2.26. The van der Waals surface area contributed by atoms with Crippen LogP contribution in [0.3, 0.4) is 0 Å². The van der Waals surface area contributed by atoms with Crippen LogP contribution in [-0.4, -0.2) is 42.1 Å². The largest absolute Gasteiger partial charge is 0.394 e. The Hall–Kier alpha value is -0.620. The average Bonchev–Trinajstić information content (AvgIpc) is 2.38. The highest BCUT2D eigenvalue weighted by atomic mass is 79.9. The molecule has 19 heavy (non-hydrogen) atoms. The first kappa shape index (κ1) is 14.8. The number of morpholine rings is 1. The van der Waals surface area contributed by atoms with E-state index in [1.54, 1.807) is 6.92 Å². The Labute approximate surface area is 122 Å². The van der Waals surface area contributed by atoms with Crippen molar-refractivity contribution < 1.29 is 14.9 Å². The Kier molecular flexibility index (Phi) is 4.84. The van der Waals surface area contributed by atoms with E-state index in [1.807, 2.05) is 18.2 Å². The summed E-state index contributed by atoms with van der Waals surface area (Å²) in [6.07, 6.45) is -0.623. The van der Waals surface area contributed by atoms with Crippen LogP contribution in [0.2, 0.25) is 0 Å². The zero-order valence-corrected chi connectivity index (χ0v) is 12.8. The predicted molar refractivity (Wildman–Crippen MR) is 78.4 cm³/mol. The molecule has 0 radical (unpaired) electrons. The summed E-state index contributed by atoms with van der Waals surface area (Å²) in [4.78, 5) is 2.22. The van der Waals surface area contributed by atoms with Gasteiger partial charge < -0.3 is 19.8 Å². The minimum absolute atomic E-state index is 0.0378. The van der Waals surface area contributed by atoms with Gasteiger partial charge in [-0.15, -0.1) is 0 Å². The van der Waals surface area contributed by atoms with E-state index in [0.717, 1.165) is 15.7 Å². The summed E-state index contributed by atoms with van der Waals surface area (Å²) in [6.45, 7) is 5.18. The normalized spacial score (nSPS) is 25.4. The van der Waals surface area contributed by atoms with Crippen LogP contribution in [0.15, 0.2) is 22.7 Å². The van der Waals surface area contributed by atoms with Gasteiger partial charge in [-0.2, -0.15) is 0 Å². The molecule has 106 valence electrons. The topological polar surface area (TPSA) is 52.9 Å². The number of anilines is 1. The molecular formula is C14H20BrNO3. The van der Waals surface area contributed by atoms with E-state index in [-0.39, 0.29) is 18.8 Å². The molecule has 2 rings (SSSR count). The van der Waals surface area contributed by atoms with Crippen molar-refractivity contribution in [3.05, 3.63) is 28.2 Å². The lowest BCUT2D eigenvalue weighted by Gasteiger charge is -2.39. The summed E-state index contributed by atoms with van der Waals surface area (Å²) in [5, 5.41) is 18.9. The maximum Gasteiger partial charge on any atom is 0.0981 e. The number of rotatable bonds is 3. The summed E-state index contributed by atoms with van der Waals surface area (Å²) >= 11 is 3.50. The number of aliphatic hydroxyl groups excluding tert-OH is 2. The molecule has 1 aliphatic rings.